The Morgan fingerprint density at radius 2 is 1.71 bits per heavy atom. The first kappa shape index (κ1) is 15.8. The molecule has 0 unspecified atom stereocenters. The minimum atomic E-state index is -0.263. The van der Waals surface area contributed by atoms with E-state index < -0.39 is 0 Å². The molecule has 110 valence electrons. The molecule has 2 nitrogen and oxygen atoms in total. The van der Waals surface area contributed by atoms with Crippen LogP contribution >= 0.6 is 23.2 Å². The fraction of sp³-hybridized carbons (Fsp3) is 0.188. The first-order valence-corrected chi connectivity index (χ1v) is 7.26. The molecular formula is C16H14Cl2FNO. The number of rotatable bonds is 5. The van der Waals surface area contributed by atoms with Crippen molar-refractivity contribution in [2.75, 3.05) is 6.54 Å². The Morgan fingerprint density at radius 3 is 2.38 bits per heavy atom. The lowest BCUT2D eigenvalue weighted by Gasteiger charge is -2.08. The van der Waals surface area contributed by atoms with E-state index >= 15 is 0 Å². The van der Waals surface area contributed by atoms with Crippen molar-refractivity contribution in [1.29, 1.82) is 0 Å². The second kappa shape index (κ2) is 7.43. The second-order valence-electron chi connectivity index (χ2n) is 4.57. The van der Waals surface area contributed by atoms with E-state index in [0.717, 1.165) is 0 Å². The lowest BCUT2D eigenvalue weighted by atomic mass is 10.1. The molecule has 0 aliphatic heterocycles. The topological polar surface area (TPSA) is 29.1 Å². The van der Waals surface area contributed by atoms with Gasteiger partial charge in [-0.15, -0.1) is 0 Å². The van der Waals surface area contributed by atoms with E-state index in [0.29, 0.717) is 34.1 Å². The van der Waals surface area contributed by atoms with Crippen LogP contribution < -0.4 is 5.32 Å². The van der Waals surface area contributed by atoms with Crippen molar-refractivity contribution in [1.82, 2.24) is 5.32 Å². The maximum Gasteiger partial charge on any atom is 0.224 e. The number of hydrogen-bond acceptors (Lipinski definition) is 1. The minimum Gasteiger partial charge on any atom is -0.355 e. The Bertz CT molecular complexity index is 626. The molecular weight excluding hydrogens is 312 g/mol. The first-order valence-electron chi connectivity index (χ1n) is 6.51. The third kappa shape index (κ3) is 4.45. The van der Waals surface area contributed by atoms with Crippen LogP contribution in [0.5, 0.6) is 0 Å². The number of hydrogen-bond donors (Lipinski definition) is 1. The molecule has 5 heteroatoms. The highest BCUT2D eigenvalue weighted by Gasteiger charge is 2.10. The van der Waals surface area contributed by atoms with Gasteiger partial charge in [0.15, 0.2) is 0 Å². The van der Waals surface area contributed by atoms with Gasteiger partial charge in [-0.1, -0.05) is 47.5 Å². The van der Waals surface area contributed by atoms with Crippen molar-refractivity contribution in [2.24, 2.45) is 0 Å². The van der Waals surface area contributed by atoms with Crippen LogP contribution in [0.15, 0.2) is 42.5 Å². The van der Waals surface area contributed by atoms with Crippen molar-refractivity contribution in [2.45, 2.75) is 12.8 Å². The molecule has 2 rings (SSSR count). The fourth-order valence-electron chi connectivity index (χ4n) is 1.96. The van der Waals surface area contributed by atoms with Gasteiger partial charge in [-0.2, -0.15) is 0 Å². The van der Waals surface area contributed by atoms with Gasteiger partial charge in [-0.3, -0.25) is 4.79 Å². The predicted octanol–water partition coefficient (Wildman–Crippen LogP) is 4.03. The normalized spacial score (nSPS) is 10.4. The van der Waals surface area contributed by atoms with Gasteiger partial charge in [-0.25, -0.2) is 4.39 Å². The Labute approximate surface area is 132 Å². The number of carbonyl (C=O) groups is 1. The molecule has 0 spiro atoms. The summed E-state index contributed by atoms with van der Waals surface area (Å²) in [6.45, 7) is 0.363. The Hall–Kier alpha value is -1.58. The monoisotopic (exact) mass is 325 g/mol. The van der Waals surface area contributed by atoms with Crippen molar-refractivity contribution in [3.63, 3.8) is 0 Å². The number of benzene rings is 2. The Morgan fingerprint density at radius 1 is 1.05 bits per heavy atom. The summed E-state index contributed by atoms with van der Waals surface area (Å²) in [5, 5.41) is 3.67. The smallest absolute Gasteiger partial charge is 0.224 e. The highest BCUT2D eigenvalue weighted by Crippen LogP contribution is 2.24. The summed E-state index contributed by atoms with van der Waals surface area (Å²) in [5.74, 6) is -0.456. The summed E-state index contributed by atoms with van der Waals surface area (Å²) in [5.41, 5.74) is 1.18. The molecule has 0 aliphatic rings. The standard InChI is InChI=1S/C16H14Cl2FNO/c17-13-5-3-6-14(18)12(13)10-16(21)20-9-8-11-4-1-2-7-15(11)19/h1-7H,8-10H2,(H,20,21). The van der Waals surface area contributed by atoms with Gasteiger partial charge in [0.05, 0.1) is 6.42 Å². The van der Waals surface area contributed by atoms with E-state index in [-0.39, 0.29) is 18.1 Å². The van der Waals surface area contributed by atoms with E-state index in [1.807, 2.05) is 0 Å². The molecule has 1 N–H and O–H groups in total. The summed E-state index contributed by atoms with van der Waals surface area (Å²) < 4.78 is 13.4. The van der Waals surface area contributed by atoms with Crippen LogP contribution in [0.2, 0.25) is 10.0 Å². The molecule has 0 aromatic heterocycles. The number of nitrogens with one attached hydrogen (secondary N) is 1. The molecule has 0 heterocycles. The average Bonchev–Trinajstić information content (AvgIpc) is 2.45. The molecule has 1 amide bonds. The molecule has 2 aromatic carbocycles. The van der Waals surface area contributed by atoms with Crippen LogP contribution in [-0.4, -0.2) is 12.5 Å². The lowest BCUT2D eigenvalue weighted by Crippen LogP contribution is -2.27. The SMILES string of the molecule is O=C(Cc1c(Cl)cccc1Cl)NCCc1ccccc1F. The van der Waals surface area contributed by atoms with Gasteiger partial charge in [0.25, 0.3) is 0 Å². The van der Waals surface area contributed by atoms with Crippen molar-refractivity contribution in [3.05, 3.63) is 69.5 Å². The van der Waals surface area contributed by atoms with Gasteiger partial charge in [0, 0.05) is 16.6 Å². The number of carbonyl (C=O) groups excluding carboxylic acids is 1. The van der Waals surface area contributed by atoms with Gasteiger partial charge in [0.2, 0.25) is 5.91 Å². The maximum absolute atomic E-state index is 13.4. The van der Waals surface area contributed by atoms with Crippen molar-refractivity contribution in [3.8, 4) is 0 Å². The van der Waals surface area contributed by atoms with Crippen LogP contribution in [0.1, 0.15) is 11.1 Å². The Balaban J connectivity index is 1.87. The summed E-state index contributed by atoms with van der Waals surface area (Å²) in [6, 6.07) is 11.6. The summed E-state index contributed by atoms with van der Waals surface area (Å²) in [7, 11) is 0. The van der Waals surface area contributed by atoms with Crippen LogP contribution in [-0.2, 0) is 17.6 Å². The molecule has 0 bridgehead atoms. The number of amides is 1. The van der Waals surface area contributed by atoms with Crippen LogP contribution in [0.25, 0.3) is 0 Å². The molecule has 0 saturated heterocycles. The van der Waals surface area contributed by atoms with E-state index in [4.69, 9.17) is 23.2 Å². The molecule has 0 aliphatic carbocycles. The second-order valence-corrected chi connectivity index (χ2v) is 5.38. The van der Waals surface area contributed by atoms with Gasteiger partial charge >= 0.3 is 0 Å². The molecule has 0 saturated carbocycles. The van der Waals surface area contributed by atoms with Gasteiger partial charge in [0.1, 0.15) is 5.82 Å². The highest BCUT2D eigenvalue weighted by molar-refractivity contribution is 6.36. The van der Waals surface area contributed by atoms with E-state index in [2.05, 4.69) is 5.32 Å². The predicted molar refractivity (Wildman–Crippen MR) is 83.3 cm³/mol. The zero-order valence-electron chi connectivity index (χ0n) is 11.2. The van der Waals surface area contributed by atoms with E-state index in [1.165, 1.54) is 6.07 Å². The fourth-order valence-corrected chi connectivity index (χ4v) is 2.49. The van der Waals surface area contributed by atoms with Crippen molar-refractivity contribution < 1.29 is 9.18 Å². The zero-order valence-corrected chi connectivity index (χ0v) is 12.7. The summed E-state index contributed by atoms with van der Waals surface area (Å²) >= 11 is 12.0. The Kier molecular flexibility index (Phi) is 5.59. The van der Waals surface area contributed by atoms with E-state index in [9.17, 15) is 9.18 Å². The highest BCUT2D eigenvalue weighted by atomic mass is 35.5. The quantitative estimate of drug-likeness (QED) is 0.883. The third-order valence-electron chi connectivity index (χ3n) is 3.07. The lowest BCUT2D eigenvalue weighted by molar-refractivity contribution is -0.120. The third-order valence-corrected chi connectivity index (χ3v) is 3.78. The zero-order chi connectivity index (χ0) is 15.2. The van der Waals surface area contributed by atoms with Crippen molar-refractivity contribution >= 4 is 29.1 Å². The molecule has 0 fully saturated rings. The largest absolute Gasteiger partial charge is 0.355 e. The molecule has 21 heavy (non-hydrogen) atoms. The van der Waals surface area contributed by atoms with Crippen LogP contribution in [0.4, 0.5) is 4.39 Å². The molecule has 2 aromatic rings. The summed E-state index contributed by atoms with van der Waals surface area (Å²) in [6.07, 6.45) is 0.546. The minimum absolute atomic E-state index is 0.107. The van der Waals surface area contributed by atoms with Crippen LogP contribution in [0.3, 0.4) is 0 Å². The maximum atomic E-state index is 13.4. The first-order chi connectivity index (χ1) is 10.1. The van der Waals surface area contributed by atoms with E-state index in [1.54, 1.807) is 36.4 Å². The average molecular weight is 326 g/mol. The van der Waals surface area contributed by atoms with Gasteiger partial charge in [-0.05, 0) is 35.7 Å². The van der Waals surface area contributed by atoms with Crippen LogP contribution in [0, 0.1) is 5.82 Å². The van der Waals surface area contributed by atoms with Gasteiger partial charge < -0.3 is 5.32 Å². The summed E-state index contributed by atoms with van der Waals surface area (Å²) in [4.78, 5) is 11.9. The molecule has 0 atom stereocenters. The number of halogens is 3. The molecule has 0 radical (unpaired) electrons.